The van der Waals surface area contributed by atoms with Crippen LogP contribution in [0.4, 0.5) is 0 Å². The molecule has 0 aromatic heterocycles. The summed E-state index contributed by atoms with van der Waals surface area (Å²) >= 11 is 0. The minimum atomic E-state index is -0.0877. The molecule has 0 aromatic carbocycles. The maximum atomic E-state index is 11.5. The van der Waals surface area contributed by atoms with Crippen molar-refractivity contribution in [3.8, 4) is 0 Å². The molecule has 4 rings (SSSR count). The summed E-state index contributed by atoms with van der Waals surface area (Å²) in [5.41, 5.74) is 1.08. The summed E-state index contributed by atoms with van der Waals surface area (Å²) in [5, 5.41) is 0. The molecule has 33 heavy (non-hydrogen) atoms. The fourth-order valence-electron chi connectivity index (χ4n) is 9.59. The van der Waals surface area contributed by atoms with Crippen LogP contribution in [0.15, 0.2) is 0 Å². The van der Waals surface area contributed by atoms with Gasteiger partial charge in [-0.1, -0.05) is 67.7 Å². The summed E-state index contributed by atoms with van der Waals surface area (Å²) in [7, 11) is 0. The normalized spacial score (nSPS) is 42.9. The van der Waals surface area contributed by atoms with Gasteiger partial charge < -0.3 is 4.74 Å². The molecular formula is C31H56O2. The number of ether oxygens (including phenoxy) is 1. The van der Waals surface area contributed by atoms with Gasteiger partial charge >= 0.3 is 5.97 Å². The Morgan fingerprint density at radius 3 is 2.21 bits per heavy atom. The molecular weight excluding hydrogens is 404 g/mol. The second kappa shape index (κ2) is 11.0. The molecule has 0 radical (unpaired) electrons. The van der Waals surface area contributed by atoms with Gasteiger partial charge in [-0.15, -0.1) is 0 Å². The molecule has 4 aliphatic rings. The second-order valence-electron chi connectivity index (χ2n) is 13.2. The van der Waals surface area contributed by atoms with Gasteiger partial charge in [-0.05, 0) is 110 Å². The summed E-state index contributed by atoms with van der Waals surface area (Å²) in [6.45, 7) is 18.2. The van der Waals surface area contributed by atoms with Crippen molar-refractivity contribution in [2.45, 2.75) is 139 Å². The standard InChI is InChI=1S/C29H50O2.C2H6/c1-19(2)8-7-9-20(3)25-12-13-26-24-11-10-22-18-23(31-21(4)30)14-16-28(22,5)27(24)15-17-29(25,26)6;1-2/h19-20,22-27H,7-18H2,1-6H3;1-2H3/t20-,22?,23+,24?,25?,26?,27?,28+,29-;/m1./s1. The number of esters is 1. The van der Waals surface area contributed by atoms with Crippen LogP contribution < -0.4 is 0 Å². The zero-order valence-corrected chi connectivity index (χ0v) is 23.4. The Labute approximate surface area is 206 Å². The number of carbonyl (C=O) groups is 1. The van der Waals surface area contributed by atoms with Gasteiger partial charge in [0.2, 0.25) is 0 Å². The number of carbonyl (C=O) groups excluding carboxylic acids is 1. The Morgan fingerprint density at radius 1 is 0.879 bits per heavy atom. The van der Waals surface area contributed by atoms with Crippen LogP contribution in [0.5, 0.6) is 0 Å². The molecule has 192 valence electrons. The van der Waals surface area contributed by atoms with E-state index in [4.69, 9.17) is 4.74 Å². The molecule has 2 heteroatoms. The first-order valence-corrected chi connectivity index (χ1v) is 14.8. The zero-order chi connectivity index (χ0) is 24.4. The predicted molar refractivity (Wildman–Crippen MR) is 140 cm³/mol. The van der Waals surface area contributed by atoms with E-state index in [2.05, 4.69) is 34.6 Å². The van der Waals surface area contributed by atoms with Gasteiger partial charge in [-0.25, -0.2) is 0 Å². The average Bonchev–Trinajstić information content (AvgIpc) is 3.12. The SMILES string of the molecule is CC.CC(=O)O[C@H]1CC[C@@]2(C)C(CCC3C2CC[C@@]2(C)C3CCC2[C@H](C)CCCC(C)C)C1. The number of fused-ring (bicyclic) bond motifs is 5. The van der Waals surface area contributed by atoms with Crippen LogP contribution >= 0.6 is 0 Å². The largest absolute Gasteiger partial charge is 0.463 e. The van der Waals surface area contributed by atoms with Crippen molar-refractivity contribution in [1.82, 2.24) is 0 Å². The first kappa shape index (κ1) is 27.1. The summed E-state index contributed by atoms with van der Waals surface area (Å²) in [5.74, 6) is 6.22. The van der Waals surface area contributed by atoms with E-state index in [1.54, 1.807) is 6.92 Å². The smallest absolute Gasteiger partial charge is 0.302 e. The molecule has 5 unspecified atom stereocenters. The van der Waals surface area contributed by atoms with Gasteiger partial charge in [-0.3, -0.25) is 4.79 Å². The third kappa shape index (κ3) is 5.35. The van der Waals surface area contributed by atoms with Crippen molar-refractivity contribution < 1.29 is 9.53 Å². The van der Waals surface area contributed by atoms with Crippen molar-refractivity contribution in [3.05, 3.63) is 0 Å². The second-order valence-corrected chi connectivity index (χ2v) is 13.2. The van der Waals surface area contributed by atoms with Crippen LogP contribution in [0.2, 0.25) is 0 Å². The van der Waals surface area contributed by atoms with E-state index in [9.17, 15) is 4.79 Å². The highest BCUT2D eigenvalue weighted by molar-refractivity contribution is 5.66. The van der Waals surface area contributed by atoms with Crippen molar-refractivity contribution in [1.29, 1.82) is 0 Å². The van der Waals surface area contributed by atoms with Crippen LogP contribution in [-0.4, -0.2) is 12.1 Å². The summed E-state index contributed by atoms with van der Waals surface area (Å²) in [6.07, 6.45) is 16.6. The Bertz CT molecular complexity index is 641. The van der Waals surface area contributed by atoms with E-state index in [-0.39, 0.29) is 12.1 Å². The van der Waals surface area contributed by atoms with E-state index >= 15 is 0 Å². The van der Waals surface area contributed by atoms with E-state index in [0.717, 1.165) is 54.3 Å². The molecule has 9 atom stereocenters. The molecule has 2 nitrogen and oxygen atoms in total. The van der Waals surface area contributed by atoms with Crippen molar-refractivity contribution in [2.75, 3.05) is 0 Å². The van der Waals surface area contributed by atoms with E-state index < -0.39 is 0 Å². The topological polar surface area (TPSA) is 26.3 Å². The highest BCUT2D eigenvalue weighted by atomic mass is 16.5. The van der Waals surface area contributed by atoms with E-state index in [1.807, 2.05) is 13.8 Å². The minimum Gasteiger partial charge on any atom is -0.463 e. The van der Waals surface area contributed by atoms with E-state index in [0.29, 0.717) is 10.8 Å². The third-order valence-corrected chi connectivity index (χ3v) is 11.2. The quantitative estimate of drug-likeness (QED) is 0.369. The Morgan fingerprint density at radius 2 is 1.55 bits per heavy atom. The Balaban J connectivity index is 0.00000149. The Hall–Kier alpha value is -0.530. The zero-order valence-electron chi connectivity index (χ0n) is 23.4. The van der Waals surface area contributed by atoms with Crippen LogP contribution in [0.25, 0.3) is 0 Å². The van der Waals surface area contributed by atoms with Crippen LogP contribution in [-0.2, 0) is 9.53 Å². The summed E-state index contributed by atoms with van der Waals surface area (Å²) < 4.78 is 5.65. The first-order chi connectivity index (χ1) is 15.6. The highest BCUT2D eigenvalue weighted by Gasteiger charge is 2.60. The lowest BCUT2D eigenvalue weighted by Crippen LogP contribution is -2.54. The molecule has 0 N–H and O–H groups in total. The van der Waals surface area contributed by atoms with Gasteiger partial charge in [0.15, 0.2) is 0 Å². The molecule has 0 amide bonds. The maximum absolute atomic E-state index is 11.5. The van der Waals surface area contributed by atoms with Crippen molar-refractivity contribution in [2.24, 2.45) is 52.3 Å². The molecule has 0 heterocycles. The molecule has 0 saturated heterocycles. The van der Waals surface area contributed by atoms with Crippen LogP contribution in [0.3, 0.4) is 0 Å². The fraction of sp³-hybridized carbons (Fsp3) is 0.968. The number of hydrogen-bond acceptors (Lipinski definition) is 2. The third-order valence-electron chi connectivity index (χ3n) is 11.2. The molecule has 4 fully saturated rings. The number of rotatable bonds is 6. The maximum Gasteiger partial charge on any atom is 0.302 e. The lowest BCUT2D eigenvalue weighted by molar-refractivity contribution is -0.160. The first-order valence-electron chi connectivity index (χ1n) is 14.8. The average molecular weight is 461 g/mol. The number of hydrogen-bond donors (Lipinski definition) is 0. The molecule has 4 aliphatic carbocycles. The molecule has 0 aliphatic heterocycles. The summed E-state index contributed by atoms with van der Waals surface area (Å²) in [4.78, 5) is 11.5. The Kier molecular flexibility index (Phi) is 9.05. The van der Waals surface area contributed by atoms with Gasteiger partial charge in [0.25, 0.3) is 0 Å². The molecule has 0 spiro atoms. The fourth-order valence-corrected chi connectivity index (χ4v) is 9.59. The molecule has 0 bridgehead atoms. The van der Waals surface area contributed by atoms with E-state index in [1.165, 1.54) is 64.2 Å². The summed E-state index contributed by atoms with van der Waals surface area (Å²) in [6, 6.07) is 0. The monoisotopic (exact) mass is 460 g/mol. The van der Waals surface area contributed by atoms with Crippen LogP contribution in [0, 0.1) is 52.3 Å². The lowest BCUT2D eigenvalue weighted by Gasteiger charge is -2.61. The lowest BCUT2D eigenvalue weighted by atomic mass is 9.44. The van der Waals surface area contributed by atoms with Gasteiger partial charge in [0.05, 0.1) is 0 Å². The van der Waals surface area contributed by atoms with Gasteiger partial charge in [0.1, 0.15) is 6.10 Å². The van der Waals surface area contributed by atoms with Crippen LogP contribution in [0.1, 0.15) is 132 Å². The highest BCUT2D eigenvalue weighted by Crippen LogP contribution is 2.68. The van der Waals surface area contributed by atoms with Gasteiger partial charge in [0, 0.05) is 6.92 Å². The van der Waals surface area contributed by atoms with Gasteiger partial charge in [-0.2, -0.15) is 0 Å². The van der Waals surface area contributed by atoms with Crippen molar-refractivity contribution >= 4 is 5.97 Å². The minimum absolute atomic E-state index is 0.0877. The van der Waals surface area contributed by atoms with Crippen molar-refractivity contribution in [3.63, 3.8) is 0 Å². The molecule has 0 aromatic rings. The predicted octanol–water partition coefficient (Wildman–Crippen LogP) is 9.07. The molecule has 4 saturated carbocycles.